The summed E-state index contributed by atoms with van der Waals surface area (Å²) in [5.41, 5.74) is 2.40. The van der Waals surface area contributed by atoms with Crippen LogP contribution < -0.4 is 0 Å². The Morgan fingerprint density at radius 3 is 2.84 bits per heavy atom. The van der Waals surface area contributed by atoms with E-state index in [0.29, 0.717) is 17.6 Å². The van der Waals surface area contributed by atoms with Gasteiger partial charge in [-0.05, 0) is 62.3 Å². The fourth-order valence-electron chi connectivity index (χ4n) is 5.18. The van der Waals surface area contributed by atoms with Crippen molar-refractivity contribution in [2.75, 3.05) is 18.8 Å². The Labute approximate surface area is 190 Å². The minimum Gasteiger partial charge on any atom is -0.342 e. The van der Waals surface area contributed by atoms with Gasteiger partial charge in [-0.2, -0.15) is 0 Å². The first-order valence-corrected chi connectivity index (χ1v) is 13.5. The van der Waals surface area contributed by atoms with Crippen LogP contribution >= 0.6 is 23.1 Å². The fraction of sp³-hybridized carbons (Fsp3) is 0.652. The van der Waals surface area contributed by atoms with Crippen molar-refractivity contribution in [3.8, 4) is 0 Å². The number of carbonyl (C=O) groups is 1. The predicted octanol–water partition coefficient (Wildman–Crippen LogP) is 4.69. The van der Waals surface area contributed by atoms with E-state index in [0.717, 1.165) is 59.7 Å². The van der Waals surface area contributed by atoms with Gasteiger partial charge in [0.1, 0.15) is 10.7 Å². The van der Waals surface area contributed by atoms with Gasteiger partial charge in [-0.15, -0.1) is 21.5 Å². The summed E-state index contributed by atoms with van der Waals surface area (Å²) in [6.45, 7) is 6.35. The highest BCUT2D eigenvalue weighted by atomic mass is 32.2. The van der Waals surface area contributed by atoms with E-state index in [2.05, 4.69) is 28.4 Å². The van der Waals surface area contributed by atoms with Crippen molar-refractivity contribution in [2.24, 2.45) is 11.8 Å². The summed E-state index contributed by atoms with van der Waals surface area (Å²) >= 11 is 3.39. The molecule has 2 fully saturated rings. The molecule has 31 heavy (non-hydrogen) atoms. The number of rotatable bonds is 4. The van der Waals surface area contributed by atoms with E-state index in [4.69, 9.17) is 4.98 Å². The van der Waals surface area contributed by atoms with Gasteiger partial charge in [0.05, 0.1) is 11.1 Å². The van der Waals surface area contributed by atoms with Crippen LogP contribution in [0.25, 0.3) is 15.9 Å². The molecule has 1 saturated carbocycles. The number of aryl methyl sites for hydroxylation is 1. The van der Waals surface area contributed by atoms with Crippen molar-refractivity contribution in [2.45, 2.75) is 69.9 Å². The van der Waals surface area contributed by atoms with Crippen LogP contribution in [0.3, 0.4) is 0 Å². The quantitative estimate of drug-likeness (QED) is 0.534. The van der Waals surface area contributed by atoms with Gasteiger partial charge in [0.25, 0.3) is 0 Å². The van der Waals surface area contributed by atoms with Gasteiger partial charge in [0, 0.05) is 23.9 Å². The van der Waals surface area contributed by atoms with Gasteiger partial charge in [-0.25, -0.2) is 4.98 Å². The molecule has 2 atom stereocenters. The Morgan fingerprint density at radius 1 is 1.16 bits per heavy atom. The lowest BCUT2D eigenvalue weighted by atomic mass is 9.89. The highest BCUT2D eigenvalue weighted by Gasteiger charge is 2.32. The van der Waals surface area contributed by atoms with Crippen molar-refractivity contribution >= 4 is 44.9 Å². The van der Waals surface area contributed by atoms with Crippen LogP contribution in [-0.2, 0) is 17.6 Å². The van der Waals surface area contributed by atoms with E-state index in [1.54, 1.807) is 0 Å². The zero-order chi connectivity index (χ0) is 21.1. The van der Waals surface area contributed by atoms with Gasteiger partial charge in [-0.1, -0.05) is 25.6 Å². The van der Waals surface area contributed by atoms with Crippen molar-refractivity contribution in [3.05, 3.63) is 16.3 Å². The third-order valence-corrected chi connectivity index (χ3v) is 9.13. The van der Waals surface area contributed by atoms with Crippen molar-refractivity contribution in [3.63, 3.8) is 0 Å². The summed E-state index contributed by atoms with van der Waals surface area (Å²) in [7, 11) is 0. The number of hydrogen-bond donors (Lipinski definition) is 0. The maximum absolute atomic E-state index is 12.8. The van der Waals surface area contributed by atoms with Gasteiger partial charge in [0.15, 0.2) is 10.8 Å². The summed E-state index contributed by atoms with van der Waals surface area (Å²) < 4.78 is 2.18. The summed E-state index contributed by atoms with van der Waals surface area (Å²) in [5.74, 6) is 3.58. The number of fused-ring (bicyclic) bond motifs is 5. The molecule has 6 nitrogen and oxygen atoms in total. The number of piperidine rings is 1. The minimum atomic E-state index is 0.220. The summed E-state index contributed by atoms with van der Waals surface area (Å²) in [4.78, 5) is 22.6. The molecule has 1 amide bonds. The summed E-state index contributed by atoms with van der Waals surface area (Å²) in [5, 5.41) is 11.3. The zero-order valence-corrected chi connectivity index (χ0v) is 19.9. The van der Waals surface area contributed by atoms with Gasteiger partial charge in [0.2, 0.25) is 5.91 Å². The minimum absolute atomic E-state index is 0.220. The Morgan fingerprint density at radius 2 is 2.03 bits per heavy atom. The van der Waals surface area contributed by atoms with E-state index in [-0.39, 0.29) is 5.91 Å². The van der Waals surface area contributed by atoms with Crippen LogP contribution in [0.15, 0.2) is 5.16 Å². The monoisotopic (exact) mass is 455 g/mol. The molecular formula is C23H29N5OS2. The molecule has 0 unspecified atom stereocenters. The second-order valence-corrected chi connectivity index (χ2v) is 11.8. The average molecular weight is 456 g/mol. The fourth-order valence-corrected chi connectivity index (χ4v) is 7.41. The Hall–Kier alpha value is -1.67. The lowest BCUT2D eigenvalue weighted by Crippen LogP contribution is -2.40. The lowest BCUT2D eigenvalue weighted by Gasteiger charge is -2.30. The van der Waals surface area contributed by atoms with Crippen LogP contribution in [0, 0.1) is 11.8 Å². The maximum atomic E-state index is 12.8. The number of carbonyl (C=O) groups excluding carboxylic acids is 1. The van der Waals surface area contributed by atoms with E-state index in [1.807, 2.05) is 16.2 Å². The second-order valence-electron chi connectivity index (χ2n) is 9.79. The molecule has 2 aliphatic carbocycles. The predicted molar refractivity (Wildman–Crippen MR) is 125 cm³/mol. The Balaban J connectivity index is 1.36. The third kappa shape index (κ3) is 3.55. The number of thioether (sulfide) groups is 1. The van der Waals surface area contributed by atoms with Crippen LogP contribution in [0.1, 0.15) is 68.1 Å². The number of likely N-dealkylation sites (tertiary alicyclic amines) is 1. The molecule has 3 aromatic rings. The highest BCUT2D eigenvalue weighted by Crippen LogP contribution is 2.44. The molecule has 1 aliphatic heterocycles. The van der Waals surface area contributed by atoms with E-state index in [9.17, 15) is 4.79 Å². The van der Waals surface area contributed by atoms with Crippen LogP contribution in [0.2, 0.25) is 0 Å². The topological polar surface area (TPSA) is 63.4 Å². The number of hydrogen-bond acceptors (Lipinski definition) is 6. The lowest BCUT2D eigenvalue weighted by molar-refractivity contribution is -0.130. The van der Waals surface area contributed by atoms with Crippen LogP contribution in [-0.4, -0.2) is 49.2 Å². The van der Waals surface area contributed by atoms with Gasteiger partial charge < -0.3 is 4.90 Å². The Bertz CT molecular complexity index is 1160. The number of amides is 1. The molecule has 1 saturated heterocycles. The molecule has 8 heteroatoms. The maximum Gasteiger partial charge on any atom is 0.233 e. The summed E-state index contributed by atoms with van der Waals surface area (Å²) in [6, 6.07) is 0. The SMILES string of the molecule is C[C@H]1CCc2c(sc3nc(C4CC4)n4c(SCC(=O)N5CCC[C@H](C)C5)nnc4c23)C1. The van der Waals surface area contributed by atoms with Gasteiger partial charge in [-0.3, -0.25) is 9.20 Å². The number of aromatic nitrogens is 4. The van der Waals surface area contributed by atoms with Crippen molar-refractivity contribution in [1.82, 2.24) is 24.5 Å². The molecule has 0 aromatic carbocycles. The first-order chi connectivity index (χ1) is 15.1. The summed E-state index contributed by atoms with van der Waals surface area (Å²) in [6.07, 6.45) is 8.19. The average Bonchev–Trinajstić information content (AvgIpc) is 3.42. The normalized spacial score (nSPS) is 24.1. The number of nitrogens with zero attached hydrogens (tertiary/aromatic N) is 5. The highest BCUT2D eigenvalue weighted by molar-refractivity contribution is 7.99. The molecule has 4 heterocycles. The van der Waals surface area contributed by atoms with Gasteiger partial charge >= 0.3 is 0 Å². The largest absolute Gasteiger partial charge is 0.342 e. The molecule has 3 aliphatic rings. The molecular weight excluding hydrogens is 426 g/mol. The van der Waals surface area contributed by atoms with E-state index < -0.39 is 0 Å². The zero-order valence-electron chi connectivity index (χ0n) is 18.3. The van der Waals surface area contributed by atoms with Crippen molar-refractivity contribution in [1.29, 1.82) is 0 Å². The van der Waals surface area contributed by atoms with Crippen LogP contribution in [0.4, 0.5) is 0 Å². The smallest absolute Gasteiger partial charge is 0.233 e. The molecule has 164 valence electrons. The first-order valence-electron chi connectivity index (χ1n) is 11.7. The molecule has 0 bridgehead atoms. The third-order valence-electron chi connectivity index (χ3n) is 7.07. The van der Waals surface area contributed by atoms with E-state index >= 15 is 0 Å². The van der Waals surface area contributed by atoms with E-state index in [1.165, 1.54) is 53.3 Å². The van der Waals surface area contributed by atoms with Crippen LogP contribution in [0.5, 0.6) is 0 Å². The molecule has 0 radical (unpaired) electrons. The van der Waals surface area contributed by atoms with Crippen molar-refractivity contribution < 1.29 is 4.79 Å². The first kappa shape index (κ1) is 20.0. The molecule has 0 spiro atoms. The second kappa shape index (κ2) is 7.73. The number of thiophene rings is 1. The molecule has 0 N–H and O–H groups in total. The standard InChI is InChI=1S/C23H29N5OS2/c1-13-5-8-16-17(10-13)31-22-19(16)21-25-26-23(28(21)20(24-22)15-6-7-15)30-12-18(29)27-9-3-4-14(2)11-27/h13-15H,3-12H2,1-2H3/t13-,14-/m0/s1. The molecule has 6 rings (SSSR count). The Kier molecular flexibility index (Phi) is 4.98. The molecule has 3 aromatic heterocycles.